The Labute approximate surface area is 115 Å². The van der Waals surface area contributed by atoms with E-state index in [0.29, 0.717) is 5.92 Å². The van der Waals surface area contributed by atoms with Crippen molar-refractivity contribution in [2.24, 2.45) is 5.92 Å². The Morgan fingerprint density at radius 2 is 2.16 bits per heavy atom. The maximum Gasteiger partial charge on any atom is 0.226 e. The molecular weight excluding hydrogens is 242 g/mol. The van der Waals surface area contributed by atoms with Gasteiger partial charge in [-0.3, -0.25) is 4.90 Å². The van der Waals surface area contributed by atoms with Crippen LogP contribution in [0.3, 0.4) is 0 Å². The second kappa shape index (κ2) is 6.01. The van der Waals surface area contributed by atoms with Gasteiger partial charge in [0.15, 0.2) is 5.82 Å². The van der Waals surface area contributed by atoms with Crippen LogP contribution in [-0.4, -0.2) is 38.8 Å². The van der Waals surface area contributed by atoms with E-state index in [2.05, 4.69) is 28.9 Å². The predicted octanol–water partition coefficient (Wildman–Crippen LogP) is 2.00. The van der Waals surface area contributed by atoms with E-state index in [9.17, 15) is 5.11 Å². The van der Waals surface area contributed by atoms with E-state index in [0.717, 1.165) is 57.0 Å². The molecule has 0 aliphatic carbocycles. The Hall–Kier alpha value is -0.940. The molecule has 1 N–H and O–H groups in total. The van der Waals surface area contributed by atoms with Crippen LogP contribution in [0, 0.1) is 5.92 Å². The molecule has 2 rings (SSSR count). The topological polar surface area (TPSA) is 62.4 Å². The normalized spacial score (nSPS) is 25.7. The third-order valence-electron chi connectivity index (χ3n) is 3.61. The quantitative estimate of drug-likeness (QED) is 0.904. The van der Waals surface area contributed by atoms with E-state index in [1.54, 1.807) is 0 Å². The lowest BCUT2D eigenvalue weighted by Gasteiger charge is -2.21. The van der Waals surface area contributed by atoms with Gasteiger partial charge >= 0.3 is 0 Å². The van der Waals surface area contributed by atoms with Gasteiger partial charge in [0.25, 0.3) is 0 Å². The highest BCUT2D eigenvalue weighted by Gasteiger charge is 2.25. The van der Waals surface area contributed by atoms with Gasteiger partial charge in [-0.05, 0) is 38.6 Å². The van der Waals surface area contributed by atoms with Crippen molar-refractivity contribution in [3.8, 4) is 0 Å². The largest absolute Gasteiger partial charge is 0.390 e. The highest BCUT2D eigenvalue weighted by atomic mass is 16.5. The molecule has 0 bridgehead atoms. The highest BCUT2D eigenvalue weighted by Crippen LogP contribution is 2.22. The summed E-state index contributed by atoms with van der Waals surface area (Å²) in [6.07, 6.45) is 3.53. The third-order valence-corrected chi connectivity index (χ3v) is 3.61. The molecule has 0 aromatic carbocycles. The summed E-state index contributed by atoms with van der Waals surface area (Å²) >= 11 is 0. The molecule has 2 heterocycles. The fourth-order valence-corrected chi connectivity index (χ4v) is 2.46. The molecule has 1 aliphatic heterocycles. The smallest absolute Gasteiger partial charge is 0.226 e. The molecule has 1 unspecified atom stereocenters. The second-order valence-electron chi connectivity index (χ2n) is 6.33. The van der Waals surface area contributed by atoms with Crippen molar-refractivity contribution in [2.75, 3.05) is 13.1 Å². The Morgan fingerprint density at radius 1 is 1.37 bits per heavy atom. The fourth-order valence-electron chi connectivity index (χ4n) is 2.46. The zero-order valence-corrected chi connectivity index (χ0v) is 12.2. The van der Waals surface area contributed by atoms with Crippen LogP contribution in [0.4, 0.5) is 0 Å². The van der Waals surface area contributed by atoms with Crippen molar-refractivity contribution in [1.29, 1.82) is 0 Å². The average Bonchev–Trinajstić information content (AvgIpc) is 2.64. The van der Waals surface area contributed by atoms with Gasteiger partial charge in [0.05, 0.1) is 12.1 Å². The summed E-state index contributed by atoms with van der Waals surface area (Å²) < 4.78 is 5.25. The fraction of sp³-hybridized carbons (Fsp3) is 0.857. The molecule has 1 atom stereocenters. The Bertz CT molecular complexity index is 401. The lowest BCUT2D eigenvalue weighted by atomic mass is 9.98. The molecule has 1 saturated heterocycles. The van der Waals surface area contributed by atoms with Crippen LogP contribution in [0.1, 0.15) is 51.7 Å². The van der Waals surface area contributed by atoms with E-state index >= 15 is 0 Å². The first-order valence-corrected chi connectivity index (χ1v) is 7.21. The van der Waals surface area contributed by atoms with Crippen LogP contribution in [0.15, 0.2) is 4.52 Å². The summed E-state index contributed by atoms with van der Waals surface area (Å²) in [5.74, 6) is 2.02. The van der Waals surface area contributed by atoms with Crippen LogP contribution in [0.2, 0.25) is 0 Å². The summed E-state index contributed by atoms with van der Waals surface area (Å²) in [6.45, 7) is 8.80. The Morgan fingerprint density at radius 3 is 2.89 bits per heavy atom. The third kappa shape index (κ3) is 4.58. The molecule has 0 spiro atoms. The van der Waals surface area contributed by atoms with Gasteiger partial charge in [-0.1, -0.05) is 19.0 Å². The number of rotatable bonds is 4. The van der Waals surface area contributed by atoms with E-state index in [-0.39, 0.29) is 0 Å². The zero-order valence-electron chi connectivity index (χ0n) is 12.2. The molecule has 19 heavy (non-hydrogen) atoms. The summed E-state index contributed by atoms with van der Waals surface area (Å²) in [6, 6.07) is 0. The first kappa shape index (κ1) is 14.5. The van der Waals surface area contributed by atoms with Crippen LogP contribution in [0.5, 0.6) is 0 Å². The summed E-state index contributed by atoms with van der Waals surface area (Å²) in [4.78, 5) is 6.73. The standard InChI is InChI=1S/C14H25N3O2/c1-11(2)9-13-15-12(16-19-13)10-17-7-4-5-14(3,18)6-8-17/h11,18H,4-10H2,1-3H3. The minimum absolute atomic E-state index is 0.519. The van der Waals surface area contributed by atoms with E-state index in [1.165, 1.54) is 0 Å². The first-order valence-electron chi connectivity index (χ1n) is 7.21. The molecule has 0 saturated carbocycles. The van der Waals surface area contributed by atoms with Crippen LogP contribution >= 0.6 is 0 Å². The summed E-state index contributed by atoms with van der Waals surface area (Å²) in [5, 5.41) is 14.1. The van der Waals surface area contributed by atoms with E-state index in [1.807, 2.05) is 6.92 Å². The molecule has 108 valence electrons. The molecule has 5 nitrogen and oxygen atoms in total. The van der Waals surface area contributed by atoms with Crippen molar-refractivity contribution in [3.63, 3.8) is 0 Å². The Balaban J connectivity index is 1.88. The zero-order chi connectivity index (χ0) is 13.9. The monoisotopic (exact) mass is 267 g/mol. The number of hydrogen-bond acceptors (Lipinski definition) is 5. The Kier molecular flexibility index (Phi) is 4.58. The van der Waals surface area contributed by atoms with E-state index < -0.39 is 5.60 Å². The van der Waals surface area contributed by atoms with Crippen molar-refractivity contribution in [2.45, 2.75) is 58.6 Å². The highest BCUT2D eigenvalue weighted by molar-refractivity contribution is 4.89. The minimum Gasteiger partial charge on any atom is -0.390 e. The molecule has 5 heteroatoms. The van der Waals surface area contributed by atoms with Gasteiger partial charge in [-0.15, -0.1) is 0 Å². The van der Waals surface area contributed by atoms with Gasteiger partial charge in [0.2, 0.25) is 5.89 Å². The molecular formula is C14H25N3O2. The summed E-state index contributed by atoms with van der Waals surface area (Å²) in [7, 11) is 0. The predicted molar refractivity (Wildman–Crippen MR) is 72.6 cm³/mol. The van der Waals surface area contributed by atoms with E-state index in [4.69, 9.17) is 4.52 Å². The summed E-state index contributed by atoms with van der Waals surface area (Å²) in [5.41, 5.74) is -0.519. The molecule has 0 amide bonds. The maximum atomic E-state index is 10.1. The molecule has 1 aromatic heterocycles. The molecule has 1 fully saturated rings. The number of aliphatic hydroxyl groups is 1. The van der Waals surface area contributed by atoms with Gasteiger partial charge in [0.1, 0.15) is 0 Å². The van der Waals surface area contributed by atoms with Crippen molar-refractivity contribution in [3.05, 3.63) is 11.7 Å². The lowest BCUT2D eigenvalue weighted by molar-refractivity contribution is 0.0443. The van der Waals surface area contributed by atoms with Crippen LogP contribution in [-0.2, 0) is 13.0 Å². The average molecular weight is 267 g/mol. The molecule has 1 aliphatic rings. The first-order chi connectivity index (χ1) is 8.94. The number of likely N-dealkylation sites (tertiary alicyclic amines) is 1. The lowest BCUT2D eigenvalue weighted by Crippen LogP contribution is -2.28. The van der Waals surface area contributed by atoms with Gasteiger partial charge < -0.3 is 9.63 Å². The van der Waals surface area contributed by atoms with Gasteiger partial charge in [0, 0.05) is 13.0 Å². The number of hydrogen-bond donors (Lipinski definition) is 1. The van der Waals surface area contributed by atoms with Gasteiger partial charge in [-0.25, -0.2) is 0 Å². The SMILES string of the molecule is CC(C)Cc1nc(CN2CCCC(C)(O)CC2)no1. The van der Waals surface area contributed by atoms with Crippen LogP contribution < -0.4 is 0 Å². The van der Waals surface area contributed by atoms with Gasteiger partial charge in [-0.2, -0.15) is 4.98 Å². The van der Waals surface area contributed by atoms with Crippen molar-refractivity contribution >= 4 is 0 Å². The second-order valence-corrected chi connectivity index (χ2v) is 6.33. The van der Waals surface area contributed by atoms with Crippen LogP contribution in [0.25, 0.3) is 0 Å². The minimum atomic E-state index is -0.519. The van der Waals surface area contributed by atoms with Crippen molar-refractivity contribution in [1.82, 2.24) is 15.0 Å². The molecule has 1 aromatic rings. The number of aromatic nitrogens is 2. The maximum absolute atomic E-state index is 10.1. The molecule has 0 radical (unpaired) electrons. The van der Waals surface area contributed by atoms with Crippen molar-refractivity contribution < 1.29 is 9.63 Å². The number of nitrogens with zero attached hydrogens (tertiary/aromatic N) is 3.